The molecule has 0 aliphatic heterocycles. The van der Waals surface area contributed by atoms with Crippen LogP contribution in [0.25, 0.3) is 0 Å². The maximum Gasteiger partial charge on any atom is 0.0659 e. The van der Waals surface area contributed by atoms with Crippen LogP contribution in [0.5, 0.6) is 0 Å². The Balaban J connectivity index is 2.05. The summed E-state index contributed by atoms with van der Waals surface area (Å²) in [6.45, 7) is 3.05. The summed E-state index contributed by atoms with van der Waals surface area (Å²) in [7, 11) is 0. The normalized spacial score (nSPS) is 10.5. The molecule has 0 amide bonds. The number of hydrogen-bond donors (Lipinski definition) is 0. The third kappa shape index (κ3) is 2.69. The predicted molar refractivity (Wildman–Crippen MR) is 61.8 cm³/mol. The third-order valence-corrected chi connectivity index (χ3v) is 2.41. The second-order valence-corrected chi connectivity index (χ2v) is 3.78. The molecule has 0 bridgehead atoms. The van der Waals surface area contributed by atoms with Crippen molar-refractivity contribution < 1.29 is 0 Å². The number of nitrogens with zero attached hydrogens (tertiary/aromatic N) is 2. The van der Waals surface area contributed by atoms with Crippen LogP contribution >= 0.6 is 0 Å². The van der Waals surface area contributed by atoms with Gasteiger partial charge in [-0.1, -0.05) is 43.7 Å². The minimum absolute atomic E-state index is 0.866. The van der Waals surface area contributed by atoms with Crippen molar-refractivity contribution in [3.05, 3.63) is 53.9 Å². The van der Waals surface area contributed by atoms with Crippen molar-refractivity contribution in [3.63, 3.8) is 0 Å². The van der Waals surface area contributed by atoms with Crippen molar-refractivity contribution in [1.82, 2.24) is 9.78 Å². The van der Waals surface area contributed by atoms with E-state index in [0.29, 0.717) is 0 Å². The summed E-state index contributed by atoms with van der Waals surface area (Å²) < 4.78 is 2.00. The highest BCUT2D eigenvalue weighted by molar-refractivity contribution is 5.15. The van der Waals surface area contributed by atoms with Crippen LogP contribution in [0.1, 0.15) is 24.5 Å². The number of rotatable bonds is 4. The van der Waals surface area contributed by atoms with Gasteiger partial charge in [0, 0.05) is 6.20 Å². The van der Waals surface area contributed by atoms with E-state index in [-0.39, 0.29) is 0 Å². The van der Waals surface area contributed by atoms with E-state index in [1.165, 1.54) is 17.5 Å². The molecule has 1 aromatic heterocycles. The smallest absolute Gasteiger partial charge is 0.0659 e. The van der Waals surface area contributed by atoms with Gasteiger partial charge in [-0.25, -0.2) is 0 Å². The average molecular weight is 200 g/mol. The zero-order valence-electron chi connectivity index (χ0n) is 9.06. The highest BCUT2D eigenvalue weighted by Crippen LogP contribution is 2.05. The first-order valence-corrected chi connectivity index (χ1v) is 5.43. The van der Waals surface area contributed by atoms with Crippen LogP contribution in [0.2, 0.25) is 0 Å². The Morgan fingerprint density at radius 3 is 2.67 bits per heavy atom. The first-order valence-electron chi connectivity index (χ1n) is 5.43. The lowest BCUT2D eigenvalue weighted by Crippen LogP contribution is -1.99. The van der Waals surface area contributed by atoms with Crippen LogP contribution in [0, 0.1) is 0 Å². The van der Waals surface area contributed by atoms with Crippen molar-refractivity contribution in [3.8, 4) is 0 Å². The van der Waals surface area contributed by atoms with Gasteiger partial charge in [0.2, 0.25) is 0 Å². The first-order chi connectivity index (χ1) is 7.38. The molecule has 0 aliphatic carbocycles. The highest BCUT2D eigenvalue weighted by Gasteiger charge is 1.98. The molecule has 2 nitrogen and oxygen atoms in total. The number of aryl methyl sites for hydroxylation is 1. The Kier molecular flexibility index (Phi) is 3.18. The topological polar surface area (TPSA) is 17.8 Å². The molecule has 0 fully saturated rings. The van der Waals surface area contributed by atoms with Crippen LogP contribution in [0.4, 0.5) is 0 Å². The fraction of sp³-hybridized carbons (Fsp3) is 0.308. The Labute approximate surface area is 90.6 Å². The van der Waals surface area contributed by atoms with Gasteiger partial charge in [0.05, 0.1) is 12.7 Å². The first kappa shape index (κ1) is 9.97. The monoisotopic (exact) mass is 200 g/mol. The maximum atomic E-state index is 4.35. The van der Waals surface area contributed by atoms with Gasteiger partial charge in [-0.05, 0) is 17.5 Å². The van der Waals surface area contributed by atoms with E-state index in [1.807, 2.05) is 16.9 Å². The van der Waals surface area contributed by atoms with E-state index in [0.717, 1.165) is 13.0 Å². The number of hydrogen-bond acceptors (Lipinski definition) is 1. The molecule has 1 aromatic carbocycles. The van der Waals surface area contributed by atoms with E-state index in [4.69, 9.17) is 0 Å². The van der Waals surface area contributed by atoms with Gasteiger partial charge in [-0.2, -0.15) is 5.10 Å². The Hall–Kier alpha value is -1.57. The summed E-state index contributed by atoms with van der Waals surface area (Å²) in [4.78, 5) is 0. The molecule has 0 aliphatic rings. The standard InChI is InChI=1S/C13H16N2/c1-2-6-13-9-14-15(11-13)10-12-7-4-3-5-8-12/h3-5,7-9,11H,2,6,10H2,1H3. The third-order valence-electron chi connectivity index (χ3n) is 2.41. The van der Waals surface area contributed by atoms with Crippen molar-refractivity contribution in [2.75, 3.05) is 0 Å². The molecule has 2 aromatic rings. The van der Waals surface area contributed by atoms with Crippen LogP contribution in [-0.4, -0.2) is 9.78 Å². The Bertz CT molecular complexity index is 403. The van der Waals surface area contributed by atoms with Crippen LogP contribution in [0.3, 0.4) is 0 Å². The van der Waals surface area contributed by atoms with Crippen molar-refractivity contribution in [2.24, 2.45) is 0 Å². The fourth-order valence-corrected chi connectivity index (χ4v) is 1.68. The van der Waals surface area contributed by atoms with Crippen molar-refractivity contribution in [1.29, 1.82) is 0 Å². The predicted octanol–water partition coefficient (Wildman–Crippen LogP) is 2.88. The summed E-state index contributed by atoms with van der Waals surface area (Å²) in [5.74, 6) is 0. The van der Waals surface area contributed by atoms with Gasteiger partial charge in [-0.15, -0.1) is 0 Å². The number of benzene rings is 1. The SMILES string of the molecule is CCCc1cnn(Cc2ccccc2)c1. The van der Waals surface area contributed by atoms with Gasteiger partial charge < -0.3 is 0 Å². The maximum absolute atomic E-state index is 4.35. The summed E-state index contributed by atoms with van der Waals surface area (Å²) in [5, 5.41) is 4.35. The van der Waals surface area contributed by atoms with Crippen LogP contribution < -0.4 is 0 Å². The number of aromatic nitrogens is 2. The van der Waals surface area contributed by atoms with Gasteiger partial charge in [0.25, 0.3) is 0 Å². The largest absolute Gasteiger partial charge is 0.268 e. The second-order valence-electron chi connectivity index (χ2n) is 3.78. The molecule has 2 rings (SSSR count). The Morgan fingerprint density at radius 1 is 1.13 bits per heavy atom. The highest BCUT2D eigenvalue weighted by atomic mass is 15.3. The van der Waals surface area contributed by atoms with E-state index in [1.54, 1.807) is 0 Å². The van der Waals surface area contributed by atoms with Crippen LogP contribution in [0.15, 0.2) is 42.7 Å². The lowest BCUT2D eigenvalue weighted by atomic mass is 10.2. The van der Waals surface area contributed by atoms with Gasteiger partial charge in [-0.3, -0.25) is 4.68 Å². The zero-order valence-corrected chi connectivity index (χ0v) is 9.06. The van der Waals surface area contributed by atoms with E-state index in [9.17, 15) is 0 Å². The molecule has 2 heteroatoms. The second kappa shape index (κ2) is 4.78. The van der Waals surface area contributed by atoms with E-state index < -0.39 is 0 Å². The summed E-state index contributed by atoms with van der Waals surface area (Å²) in [6, 6.07) is 10.4. The molecule has 0 atom stereocenters. The summed E-state index contributed by atoms with van der Waals surface area (Å²) in [6.07, 6.45) is 6.40. The minimum Gasteiger partial charge on any atom is -0.268 e. The molecular weight excluding hydrogens is 184 g/mol. The lowest BCUT2D eigenvalue weighted by Gasteiger charge is -2.00. The molecule has 1 heterocycles. The molecule has 0 radical (unpaired) electrons. The molecule has 0 unspecified atom stereocenters. The van der Waals surface area contributed by atoms with E-state index >= 15 is 0 Å². The Morgan fingerprint density at radius 2 is 1.93 bits per heavy atom. The quantitative estimate of drug-likeness (QED) is 0.742. The minimum atomic E-state index is 0.866. The van der Waals surface area contributed by atoms with Crippen molar-refractivity contribution in [2.45, 2.75) is 26.3 Å². The summed E-state index contributed by atoms with van der Waals surface area (Å²) >= 11 is 0. The van der Waals surface area contributed by atoms with Gasteiger partial charge >= 0.3 is 0 Å². The molecule has 0 N–H and O–H groups in total. The van der Waals surface area contributed by atoms with Gasteiger partial charge in [0.1, 0.15) is 0 Å². The molecule has 0 spiro atoms. The summed E-state index contributed by atoms with van der Waals surface area (Å²) in [5.41, 5.74) is 2.62. The zero-order chi connectivity index (χ0) is 10.5. The molecule has 0 saturated carbocycles. The fourth-order valence-electron chi connectivity index (χ4n) is 1.68. The molecular formula is C13H16N2. The van der Waals surface area contributed by atoms with Gasteiger partial charge in [0.15, 0.2) is 0 Å². The average Bonchev–Trinajstić information content (AvgIpc) is 2.68. The molecule has 78 valence electrons. The molecule has 0 saturated heterocycles. The van der Waals surface area contributed by atoms with Crippen molar-refractivity contribution >= 4 is 0 Å². The van der Waals surface area contributed by atoms with Crippen LogP contribution in [-0.2, 0) is 13.0 Å². The molecule has 15 heavy (non-hydrogen) atoms. The van der Waals surface area contributed by atoms with E-state index in [2.05, 4.69) is 42.5 Å². The lowest BCUT2D eigenvalue weighted by molar-refractivity contribution is 0.686.